The highest BCUT2D eigenvalue weighted by Gasteiger charge is 2.25. The smallest absolute Gasteiger partial charge is 0.326 e. The third-order valence-electron chi connectivity index (χ3n) is 3.84. The van der Waals surface area contributed by atoms with Crippen LogP contribution in [-0.2, 0) is 6.54 Å². The zero-order chi connectivity index (χ0) is 14.4. The van der Waals surface area contributed by atoms with Gasteiger partial charge in [-0.25, -0.2) is 4.79 Å². The maximum atomic E-state index is 12.1. The van der Waals surface area contributed by atoms with E-state index in [4.69, 9.17) is 11.6 Å². The summed E-state index contributed by atoms with van der Waals surface area (Å²) in [5.74, 6) is 0. The van der Waals surface area contributed by atoms with Crippen molar-refractivity contribution in [3.63, 3.8) is 0 Å². The Labute approximate surface area is 122 Å². The number of imidazole rings is 1. The van der Waals surface area contributed by atoms with Crippen molar-refractivity contribution in [1.82, 2.24) is 14.5 Å². The van der Waals surface area contributed by atoms with E-state index < -0.39 is 0 Å². The molecule has 0 radical (unpaired) electrons. The molecular weight excluding hydrogens is 274 g/mol. The second-order valence-corrected chi connectivity index (χ2v) is 5.97. The predicted octanol–water partition coefficient (Wildman–Crippen LogP) is 3.28. The number of halogens is 1. The highest BCUT2D eigenvalue weighted by molar-refractivity contribution is 6.32. The molecule has 0 amide bonds. The van der Waals surface area contributed by atoms with Crippen LogP contribution < -0.4 is 5.69 Å². The van der Waals surface area contributed by atoms with Crippen molar-refractivity contribution in [3.8, 4) is 0 Å². The van der Waals surface area contributed by atoms with Crippen molar-refractivity contribution in [3.05, 3.63) is 45.0 Å². The first-order chi connectivity index (χ1) is 9.49. The Morgan fingerprint density at radius 3 is 2.85 bits per heavy atom. The fourth-order valence-electron chi connectivity index (χ4n) is 2.95. The lowest BCUT2D eigenvalue weighted by Gasteiger charge is -2.27. The Morgan fingerprint density at radius 2 is 2.15 bits per heavy atom. The summed E-state index contributed by atoms with van der Waals surface area (Å²) in [5, 5.41) is 0.715. The van der Waals surface area contributed by atoms with Gasteiger partial charge in [0, 0.05) is 23.7 Å². The standard InChI is InChI=1S/C15H18ClN3O/c1-9(2)8-18-6-7-19-14-12(17-15(19)20)5-4-11(16)13(14)10(18)3/h4-5,8,10H,6-7H2,1-3H3,(H,17,20). The lowest BCUT2D eigenvalue weighted by Crippen LogP contribution is -2.26. The molecule has 0 spiro atoms. The monoisotopic (exact) mass is 291 g/mol. The van der Waals surface area contributed by atoms with Crippen molar-refractivity contribution in [1.29, 1.82) is 0 Å². The molecular formula is C15H18ClN3O. The van der Waals surface area contributed by atoms with Gasteiger partial charge in [0.25, 0.3) is 0 Å². The third kappa shape index (κ3) is 1.95. The minimum absolute atomic E-state index is 0.0604. The minimum Gasteiger partial charge on any atom is -0.369 e. The van der Waals surface area contributed by atoms with E-state index in [9.17, 15) is 4.79 Å². The minimum atomic E-state index is -0.0604. The Kier molecular flexibility index (Phi) is 3.13. The zero-order valence-corrected chi connectivity index (χ0v) is 12.7. The molecule has 0 aliphatic carbocycles. The fraction of sp³-hybridized carbons (Fsp3) is 0.400. The first-order valence-electron chi connectivity index (χ1n) is 6.80. The molecule has 2 heterocycles. The molecule has 1 aliphatic heterocycles. The second-order valence-electron chi connectivity index (χ2n) is 5.56. The van der Waals surface area contributed by atoms with E-state index in [1.807, 2.05) is 12.1 Å². The number of allylic oxidation sites excluding steroid dienone is 1. The number of hydrogen-bond acceptors (Lipinski definition) is 2. The summed E-state index contributed by atoms with van der Waals surface area (Å²) in [6, 6.07) is 3.88. The average Bonchev–Trinajstić information content (AvgIpc) is 2.61. The second kappa shape index (κ2) is 4.70. The molecule has 106 valence electrons. The van der Waals surface area contributed by atoms with Crippen molar-refractivity contribution < 1.29 is 0 Å². The van der Waals surface area contributed by atoms with Crippen molar-refractivity contribution in [2.24, 2.45) is 0 Å². The number of benzene rings is 1. The largest absolute Gasteiger partial charge is 0.369 e. The Balaban J connectivity index is 2.28. The number of H-pyrrole nitrogens is 1. The highest BCUT2D eigenvalue weighted by atomic mass is 35.5. The zero-order valence-electron chi connectivity index (χ0n) is 11.9. The Morgan fingerprint density at radius 1 is 1.40 bits per heavy atom. The van der Waals surface area contributed by atoms with E-state index >= 15 is 0 Å². The van der Waals surface area contributed by atoms with Gasteiger partial charge >= 0.3 is 5.69 Å². The summed E-state index contributed by atoms with van der Waals surface area (Å²) in [7, 11) is 0. The van der Waals surface area contributed by atoms with Crippen molar-refractivity contribution >= 4 is 22.6 Å². The van der Waals surface area contributed by atoms with Gasteiger partial charge in [-0.3, -0.25) is 4.57 Å². The molecule has 0 saturated carbocycles. The summed E-state index contributed by atoms with van der Waals surface area (Å²) < 4.78 is 1.80. The van der Waals surface area contributed by atoms with Gasteiger partial charge in [-0.2, -0.15) is 0 Å². The van der Waals surface area contributed by atoms with Crippen LogP contribution in [0.1, 0.15) is 32.4 Å². The average molecular weight is 292 g/mol. The van der Waals surface area contributed by atoms with Gasteiger partial charge in [-0.15, -0.1) is 0 Å². The predicted molar refractivity (Wildman–Crippen MR) is 82.1 cm³/mol. The van der Waals surface area contributed by atoms with E-state index in [-0.39, 0.29) is 11.7 Å². The van der Waals surface area contributed by atoms with Crippen LogP contribution in [0.25, 0.3) is 11.0 Å². The molecule has 1 aromatic carbocycles. The van der Waals surface area contributed by atoms with E-state index in [1.54, 1.807) is 4.57 Å². The lowest BCUT2D eigenvalue weighted by atomic mass is 10.1. The first-order valence-corrected chi connectivity index (χ1v) is 7.18. The lowest BCUT2D eigenvalue weighted by molar-refractivity contribution is 0.294. The van der Waals surface area contributed by atoms with Crippen LogP contribution in [0, 0.1) is 0 Å². The Bertz CT molecular complexity index is 752. The van der Waals surface area contributed by atoms with Crippen LogP contribution >= 0.6 is 11.6 Å². The van der Waals surface area contributed by atoms with E-state index in [0.29, 0.717) is 11.6 Å². The number of rotatable bonds is 1. The van der Waals surface area contributed by atoms with Crippen molar-refractivity contribution in [2.75, 3.05) is 6.54 Å². The molecule has 1 aliphatic rings. The molecule has 2 aromatic rings. The summed E-state index contributed by atoms with van der Waals surface area (Å²) in [6.45, 7) is 7.75. The molecule has 1 aromatic heterocycles. The van der Waals surface area contributed by atoms with E-state index in [0.717, 1.165) is 23.1 Å². The van der Waals surface area contributed by atoms with Gasteiger partial charge in [-0.05, 0) is 39.1 Å². The van der Waals surface area contributed by atoms with Gasteiger partial charge in [0.15, 0.2) is 0 Å². The molecule has 0 fully saturated rings. The number of nitrogens with zero attached hydrogens (tertiary/aromatic N) is 2. The maximum absolute atomic E-state index is 12.1. The summed E-state index contributed by atoms with van der Waals surface area (Å²) in [5.41, 5.74) is 4.01. The molecule has 4 nitrogen and oxygen atoms in total. The number of hydrogen-bond donors (Lipinski definition) is 1. The Hall–Kier alpha value is -1.68. The molecule has 5 heteroatoms. The SMILES string of the molecule is CC(C)=CN1CCn2c(=O)[nH]c3ccc(Cl)c(c32)C1C. The molecule has 20 heavy (non-hydrogen) atoms. The van der Waals surface area contributed by atoms with Crippen LogP contribution in [0.15, 0.2) is 28.7 Å². The van der Waals surface area contributed by atoms with Crippen LogP contribution in [0.5, 0.6) is 0 Å². The maximum Gasteiger partial charge on any atom is 0.326 e. The number of aromatic amines is 1. The molecule has 0 bridgehead atoms. The molecule has 1 atom stereocenters. The van der Waals surface area contributed by atoms with Gasteiger partial charge in [-0.1, -0.05) is 17.2 Å². The fourth-order valence-corrected chi connectivity index (χ4v) is 3.26. The van der Waals surface area contributed by atoms with Crippen LogP contribution in [0.2, 0.25) is 5.02 Å². The molecule has 1 unspecified atom stereocenters. The quantitative estimate of drug-likeness (QED) is 0.876. The van der Waals surface area contributed by atoms with E-state index in [2.05, 4.69) is 36.9 Å². The first kappa shape index (κ1) is 13.3. The normalized spacial score (nSPS) is 18.2. The topological polar surface area (TPSA) is 41.0 Å². The number of aromatic nitrogens is 2. The summed E-state index contributed by atoms with van der Waals surface area (Å²) in [6.07, 6.45) is 2.14. The van der Waals surface area contributed by atoms with Crippen LogP contribution in [0.4, 0.5) is 0 Å². The number of nitrogens with one attached hydrogen (secondary N) is 1. The highest BCUT2D eigenvalue weighted by Crippen LogP contribution is 2.35. The van der Waals surface area contributed by atoms with Crippen LogP contribution in [0.3, 0.4) is 0 Å². The van der Waals surface area contributed by atoms with Gasteiger partial charge in [0.05, 0.1) is 17.1 Å². The van der Waals surface area contributed by atoms with Gasteiger partial charge in [0.2, 0.25) is 0 Å². The van der Waals surface area contributed by atoms with Gasteiger partial charge in [0.1, 0.15) is 0 Å². The van der Waals surface area contributed by atoms with Crippen molar-refractivity contribution in [2.45, 2.75) is 33.4 Å². The summed E-state index contributed by atoms with van der Waals surface area (Å²) >= 11 is 6.41. The molecule has 1 N–H and O–H groups in total. The third-order valence-corrected chi connectivity index (χ3v) is 4.17. The molecule has 0 saturated heterocycles. The summed E-state index contributed by atoms with van der Waals surface area (Å²) in [4.78, 5) is 17.2. The van der Waals surface area contributed by atoms with E-state index in [1.165, 1.54) is 5.57 Å². The molecule has 3 rings (SSSR count). The van der Waals surface area contributed by atoms with Gasteiger partial charge < -0.3 is 9.88 Å². The van der Waals surface area contributed by atoms with Crippen LogP contribution in [-0.4, -0.2) is 21.0 Å².